The molecule has 0 aliphatic carbocycles. The van der Waals surface area contributed by atoms with Crippen LogP contribution in [0.3, 0.4) is 0 Å². The molecule has 6 nitrogen and oxygen atoms in total. The van der Waals surface area contributed by atoms with E-state index in [0.29, 0.717) is 10.7 Å². The van der Waals surface area contributed by atoms with Gasteiger partial charge in [-0.25, -0.2) is 4.79 Å². The van der Waals surface area contributed by atoms with Gasteiger partial charge in [0.2, 0.25) is 0 Å². The Labute approximate surface area is 126 Å². The summed E-state index contributed by atoms with van der Waals surface area (Å²) in [5.41, 5.74) is 5.41. The van der Waals surface area contributed by atoms with Crippen LogP contribution in [0, 0.1) is 6.92 Å². The maximum atomic E-state index is 11.1. The van der Waals surface area contributed by atoms with Gasteiger partial charge in [0.1, 0.15) is 10.6 Å². The van der Waals surface area contributed by atoms with Crippen LogP contribution in [-0.4, -0.2) is 35.8 Å². The third-order valence-corrected chi connectivity index (χ3v) is 3.71. The summed E-state index contributed by atoms with van der Waals surface area (Å²) in [5.74, 6) is -1.01. The molecule has 0 saturated carbocycles. The number of hydrazone groups is 1. The molecule has 1 aromatic heterocycles. The summed E-state index contributed by atoms with van der Waals surface area (Å²) >= 11 is 1.08. The molecule has 21 heavy (non-hydrogen) atoms. The number of carboxylic acids is 1. The first-order valence-corrected chi connectivity index (χ1v) is 7.02. The first kappa shape index (κ1) is 15.0. The monoisotopic (exact) mass is 304 g/mol. The number of aromatic carboxylic acids is 1. The number of nitrogens with one attached hydrogen (secondary N) is 1. The van der Waals surface area contributed by atoms with Crippen molar-refractivity contribution in [3.05, 3.63) is 41.1 Å². The predicted molar refractivity (Wildman–Crippen MR) is 85.8 cm³/mol. The zero-order valence-electron chi connectivity index (χ0n) is 12.0. The minimum atomic E-state index is -1.01. The van der Waals surface area contributed by atoms with E-state index in [2.05, 4.69) is 14.9 Å². The quantitative estimate of drug-likeness (QED) is 0.656. The van der Waals surface area contributed by atoms with E-state index in [0.717, 1.165) is 22.8 Å². The molecule has 0 aliphatic rings. The molecule has 2 N–H and O–H groups in total. The zero-order chi connectivity index (χ0) is 15.4. The molecular weight excluding hydrogens is 288 g/mol. The van der Waals surface area contributed by atoms with E-state index in [1.165, 1.54) is 0 Å². The minimum absolute atomic E-state index is 0.167. The summed E-state index contributed by atoms with van der Waals surface area (Å²) in [6.45, 7) is 1.66. The largest absolute Gasteiger partial charge is 0.478 e. The van der Waals surface area contributed by atoms with Crippen LogP contribution in [0.25, 0.3) is 0 Å². The Bertz CT molecular complexity index is 662. The van der Waals surface area contributed by atoms with Gasteiger partial charge in [0.05, 0.1) is 11.9 Å². The second kappa shape index (κ2) is 6.36. The number of nitrogens with zero attached hydrogens (tertiary/aromatic N) is 3. The van der Waals surface area contributed by atoms with Crippen molar-refractivity contribution in [1.82, 2.24) is 4.37 Å². The molecule has 110 valence electrons. The number of benzene rings is 1. The van der Waals surface area contributed by atoms with Gasteiger partial charge in [-0.15, -0.1) is 0 Å². The van der Waals surface area contributed by atoms with Gasteiger partial charge in [-0.1, -0.05) is 12.1 Å². The fourth-order valence-electron chi connectivity index (χ4n) is 1.72. The molecule has 0 unspecified atom stereocenters. The lowest BCUT2D eigenvalue weighted by atomic mass is 10.2. The first-order chi connectivity index (χ1) is 9.99. The fraction of sp³-hybridized carbons (Fsp3) is 0.214. The topological polar surface area (TPSA) is 77.8 Å². The summed E-state index contributed by atoms with van der Waals surface area (Å²) < 4.78 is 4.01. The van der Waals surface area contributed by atoms with Crippen molar-refractivity contribution in [2.75, 3.05) is 24.4 Å². The van der Waals surface area contributed by atoms with Crippen LogP contribution < -0.4 is 10.3 Å². The van der Waals surface area contributed by atoms with Crippen LogP contribution in [0.15, 0.2) is 29.4 Å². The number of carboxylic acid groups (broad SMARTS) is 1. The maximum absolute atomic E-state index is 11.1. The number of carbonyl (C=O) groups is 1. The van der Waals surface area contributed by atoms with Crippen molar-refractivity contribution < 1.29 is 9.90 Å². The van der Waals surface area contributed by atoms with Gasteiger partial charge < -0.3 is 10.0 Å². The van der Waals surface area contributed by atoms with E-state index in [1.54, 1.807) is 13.1 Å². The number of hydrogen-bond acceptors (Lipinski definition) is 6. The Morgan fingerprint density at radius 3 is 2.62 bits per heavy atom. The molecule has 0 spiro atoms. The van der Waals surface area contributed by atoms with E-state index >= 15 is 0 Å². The van der Waals surface area contributed by atoms with E-state index in [4.69, 9.17) is 5.11 Å². The molecule has 1 aromatic carbocycles. The van der Waals surface area contributed by atoms with Crippen LogP contribution >= 0.6 is 11.5 Å². The lowest BCUT2D eigenvalue weighted by Crippen LogP contribution is -2.08. The van der Waals surface area contributed by atoms with E-state index in [1.807, 2.05) is 43.3 Å². The first-order valence-electron chi connectivity index (χ1n) is 6.25. The van der Waals surface area contributed by atoms with Gasteiger partial charge in [-0.3, -0.25) is 5.43 Å². The SMILES string of the molecule is Cc1nsc(N/N=C/c2ccc(N(C)C)cc2)c1C(=O)O. The van der Waals surface area contributed by atoms with Gasteiger partial charge in [0, 0.05) is 19.8 Å². The number of hydrogen-bond donors (Lipinski definition) is 2. The Hall–Kier alpha value is -2.41. The lowest BCUT2D eigenvalue weighted by Gasteiger charge is -2.11. The molecule has 0 amide bonds. The Balaban J connectivity index is 2.07. The second-order valence-corrected chi connectivity index (χ2v) is 5.41. The van der Waals surface area contributed by atoms with E-state index in [-0.39, 0.29) is 5.56 Å². The Morgan fingerprint density at radius 2 is 2.05 bits per heavy atom. The van der Waals surface area contributed by atoms with Crippen molar-refractivity contribution in [3.63, 3.8) is 0 Å². The highest BCUT2D eigenvalue weighted by Gasteiger charge is 2.16. The molecule has 1 heterocycles. The van der Waals surface area contributed by atoms with Crippen molar-refractivity contribution in [2.24, 2.45) is 5.10 Å². The number of rotatable bonds is 5. The number of anilines is 2. The van der Waals surface area contributed by atoms with Gasteiger partial charge in [-0.2, -0.15) is 9.47 Å². The summed E-state index contributed by atoms with van der Waals surface area (Å²) in [6, 6.07) is 7.86. The summed E-state index contributed by atoms with van der Waals surface area (Å²) in [5, 5.41) is 13.6. The van der Waals surface area contributed by atoms with E-state index in [9.17, 15) is 4.79 Å². The molecule has 2 aromatic rings. The van der Waals surface area contributed by atoms with Crippen molar-refractivity contribution in [2.45, 2.75) is 6.92 Å². The minimum Gasteiger partial charge on any atom is -0.478 e. The summed E-state index contributed by atoms with van der Waals surface area (Å²) in [6.07, 6.45) is 1.64. The van der Waals surface area contributed by atoms with Crippen molar-refractivity contribution in [1.29, 1.82) is 0 Å². The Kier molecular flexibility index (Phi) is 4.54. The van der Waals surface area contributed by atoms with Crippen LogP contribution in [0.1, 0.15) is 21.6 Å². The molecule has 0 atom stereocenters. The molecule has 0 saturated heterocycles. The molecule has 0 bridgehead atoms. The fourth-order valence-corrected chi connectivity index (χ4v) is 2.46. The van der Waals surface area contributed by atoms with Crippen LogP contribution in [-0.2, 0) is 0 Å². The molecule has 7 heteroatoms. The summed E-state index contributed by atoms with van der Waals surface area (Å²) in [4.78, 5) is 13.1. The van der Waals surface area contributed by atoms with Crippen LogP contribution in [0.5, 0.6) is 0 Å². The third-order valence-electron chi connectivity index (χ3n) is 2.87. The smallest absolute Gasteiger partial charge is 0.340 e. The van der Waals surface area contributed by atoms with Gasteiger partial charge in [0.25, 0.3) is 0 Å². The normalized spacial score (nSPS) is 10.8. The van der Waals surface area contributed by atoms with Crippen molar-refractivity contribution in [3.8, 4) is 0 Å². The van der Waals surface area contributed by atoms with Gasteiger partial charge in [0.15, 0.2) is 0 Å². The number of aryl methyl sites for hydroxylation is 1. The summed E-state index contributed by atoms with van der Waals surface area (Å²) in [7, 11) is 3.95. The third kappa shape index (κ3) is 3.57. The molecule has 0 aliphatic heterocycles. The highest BCUT2D eigenvalue weighted by molar-refractivity contribution is 7.10. The predicted octanol–water partition coefficient (Wildman–Crippen LogP) is 2.66. The van der Waals surface area contributed by atoms with Crippen molar-refractivity contribution >= 4 is 34.4 Å². The molecular formula is C14H16N4O2S. The highest BCUT2D eigenvalue weighted by Crippen LogP contribution is 2.24. The van der Waals surface area contributed by atoms with Gasteiger partial charge in [-0.05, 0) is 36.2 Å². The number of aromatic nitrogens is 1. The van der Waals surface area contributed by atoms with Crippen LogP contribution in [0.4, 0.5) is 10.7 Å². The lowest BCUT2D eigenvalue weighted by molar-refractivity contribution is 0.0697. The molecule has 0 radical (unpaired) electrons. The molecule has 0 fully saturated rings. The Morgan fingerprint density at radius 1 is 1.38 bits per heavy atom. The molecule has 2 rings (SSSR count). The average molecular weight is 304 g/mol. The van der Waals surface area contributed by atoms with Crippen LogP contribution in [0.2, 0.25) is 0 Å². The maximum Gasteiger partial charge on any atom is 0.340 e. The standard InChI is InChI=1S/C14H16N4O2S/c1-9-12(14(19)20)13(21-17-9)16-15-8-10-4-6-11(7-5-10)18(2)3/h4-8,16H,1-3H3,(H,19,20)/b15-8+. The van der Waals surface area contributed by atoms with Gasteiger partial charge >= 0.3 is 5.97 Å². The second-order valence-electron chi connectivity index (χ2n) is 4.63. The van der Waals surface area contributed by atoms with E-state index < -0.39 is 5.97 Å². The highest BCUT2D eigenvalue weighted by atomic mass is 32.1. The average Bonchev–Trinajstić information content (AvgIpc) is 2.80. The zero-order valence-corrected chi connectivity index (χ0v) is 12.8.